The number of hydrogen-bond donors (Lipinski definition) is 3. The first-order chi connectivity index (χ1) is 13.0. The topological polar surface area (TPSA) is 104 Å². The highest BCUT2D eigenvalue weighted by molar-refractivity contribution is 5.94. The van der Waals surface area contributed by atoms with E-state index >= 15 is 0 Å². The highest BCUT2D eigenvalue weighted by Gasteiger charge is 2.16. The highest BCUT2D eigenvalue weighted by Crippen LogP contribution is 2.31. The molecule has 0 atom stereocenters. The Labute approximate surface area is 154 Å². The van der Waals surface area contributed by atoms with Gasteiger partial charge in [-0.25, -0.2) is 4.98 Å². The highest BCUT2D eigenvalue weighted by atomic mass is 16.4. The maximum absolute atomic E-state index is 12.7. The van der Waals surface area contributed by atoms with Crippen LogP contribution >= 0.6 is 0 Å². The van der Waals surface area contributed by atoms with Gasteiger partial charge in [0.05, 0.1) is 17.5 Å². The molecule has 4 rings (SSSR count). The molecule has 0 radical (unpaired) electrons. The zero-order valence-corrected chi connectivity index (χ0v) is 14.4. The van der Waals surface area contributed by atoms with Gasteiger partial charge in [0.1, 0.15) is 5.58 Å². The Balaban J connectivity index is 1.86. The van der Waals surface area contributed by atoms with E-state index in [0.717, 1.165) is 5.69 Å². The number of hydrogen-bond acceptors (Lipinski definition) is 5. The molecule has 0 aliphatic rings. The van der Waals surface area contributed by atoms with Gasteiger partial charge < -0.3 is 19.4 Å². The van der Waals surface area contributed by atoms with Crippen molar-refractivity contribution in [2.45, 2.75) is 6.92 Å². The van der Waals surface area contributed by atoms with Crippen LogP contribution in [0.4, 0.5) is 5.69 Å². The third-order valence-corrected chi connectivity index (χ3v) is 4.11. The molecule has 0 spiro atoms. The second-order valence-electron chi connectivity index (χ2n) is 6.09. The molecule has 7 nitrogen and oxygen atoms in total. The molecular formula is C20H16N4O3. The Hall–Kier alpha value is -3.87. The number of nitrogens with one attached hydrogen (secondary N) is 2. The van der Waals surface area contributed by atoms with Crippen LogP contribution in [0.2, 0.25) is 0 Å². The molecule has 3 N–H and O–H groups in total. The fourth-order valence-electron chi connectivity index (χ4n) is 2.89. The van der Waals surface area contributed by atoms with Gasteiger partial charge in [-0.05, 0) is 37.3 Å². The lowest BCUT2D eigenvalue weighted by Crippen LogP contribution is -2.07. The largest absolute Gasteiger partial charge is 0.502 e. The zero-order valence-electron chi connectivity index (χ0n) is 14.4. The smallest absolute Gasteiger partial charge is 0.235 e. The monoisotopic (exact) mass is 360 g/mol. The van der Waals surface area contributed by atoms with Crippen molar-refractivity contribution in [3.63, 3.8) is 0 Å². The van der Waals surface area contributed by atoms with E-state index < -0.39 is 11.2 Å². The normalized spacial score (nSPS) is 10.9. The molecule has 134 valence electrons. The summed E-state index contributed by atoms with van der Waals surface area (Å²) in [6, 6.07) is 12.2. The summed E-state index contributed by atoms with van der Waals surface area (Å²) < 4.78 is 7.65. The van der Waals surface area contributed by atoms with Crippen LogP contribution in [-0.2, 0) is 0 Å². The molecular weight excluding hydrogens is 344 g/mol. The van der Waals surface area contributed by atoms with E-state index in [1.807, 2.05) is 16.7 Å². The van der Waals surface area contributed by atoms with Gasteiger partial charge in [0.15, 0.2) is 5.76 Å². The van der Waals surface area contributed by atoms with Crippen molar-refractivity contribution in [1.82, 2.24) is 9.55 Å². The summed E-state index contributed by atoms with van der Waals surface area (Å²) in [5.41, 5.74) is 1.82. The second kappa shape index (κ2) is 6.45. The second-order valence-corrected chi connectivity index (χ2v) is 6.09. The van der Waals surface area contributed by atoms with Gasteiger partial charge in [0, 0.05) is 29.3 Å². The van der Waals surface area contributed by atoms with E-state index in [0.29, 0.717) is 16.8 Å². The van der Waals surface area contributed by atoms with E-state index in [4.69, 9.17) is 9.83 Å². The number of imidazole rings is 1. The minimum absolute atomic E-state index is 0.110. The van der Waals surface area contributed by atoms with Gasteiger partial charge in [-0.15, -0.1) is 0 Å². The lowest BCUT2D eigenvalue weighted by Gasteiger charge is -2.09. The fourth-order valence-corrected chi connectivity index (χ4v) is 2.89. The number of fused-ring (bicyclic) bond motifs is 1. The van der Waals surface area contributed by atoms with Crippen LogP contribution in [0.1, 0.15) is 6.92 Å². The van der Waals surface area contributed by atoms with Crippen molar-refractivity contribution in [2.24, 2.45) is 0 Å². The Morgan fingerprint density at radius 3 is 2.85 bits per heavy atom. The SMILES string of the molecule is CC(=N)Nc1ccc2oc(-c3cccc(-n4ccnc4)c3)c(O)c(=O)c2c1. The predicted molar refractivity (Wildman–Crippen MR) is 104 cm³/mol. The molecule has 0 bridgehead atoms. The van der Waals surface area contributed by atoms with Crippen LogP contribution in [0.3, 0.4) is 0 Å². The number of benzene rings is 2. The third kappa shape index (κ3) is 3.06. The van der Waals surface area contributed by atoms with Crippen molar-refractivity contribution in [1.29, 1.82) is 5.41 Å². The van der Waals surface area contributed by atoms with Crippen molar-refractivity contribution in [3.05, 3.63) is 71.4 Å². The molecule has 27 heavy (non-hydrogen) atoms. The first kappa shape index (κ1) is 16.6. The van der Waals surface area contributed by atoms with Crippen molar-refractivity contribution >= 4 is 22.5 Å². The number of amidine groups is 1. The maximum atomic E-state index is 12.7. The summed E-state index contributed by atoms with van der Waals surface area (Å²) >= 11 is 0. The molecule has 4 aromatic rings. The maximum Gasteiger partial charge on any atom is 0.235 e. The van der Waals surface area contributed by atoms with Gasteiger partial charge in [-0.3, -0.25) is 10.2 Å². The van der Waals surface area contributed by atoms with Crippen LogP contribution in [0.15, 0.2) is 70.4 Å². The number of aromatic hydroxyl groups is 1. The minimum atomic E-state index is -0.523. The van der Waals surface area contributed by atoms with Crippen molar-refractivity contribution < 1.29 is 9.52 Å². The van der Waals surface area contributed by atoms with Crippen molar-refractivity contribution in [2.75, 3.05) is 5.32 Å². The lowest BCUT2D eigenvalue weighted by molar-refractivity contribution is 0.449. The molecule has 7 heteroatoms. The first-order valence-electron chi connectivity index (χ1n) is 8.24. The van der Waals surface area contributed by atoms with E-state index in [1.165, 1.54) is 0 Å². The zero-order chi connectivity index (χ0) is 19.0. The molecule has 0 saturated heterocycles. The number of anilines is 1. The Bertz CT molecular complexity index is 1210. The lowest BCUT2D eigenvalue weighted by atomic mass is 10.1. The third-order valence-electron chi connectivity index (χ3n) is 4.11. The van der Waals surface area contributed by atoms with Crippen LogP contribution in [0, 0.1) is 5.41 Å². The summed E-state index contributed by atoms with van der Waals surface area (Å²) in [6.45, 7) is 1.60. The van der Waals surface area contributed by atoms with Crippen LogP contribution in [0.25, 0.3) is 28.0 Å². The number of aromatic nitrogens is 2. The average Bonchev–Trinajstić information content (AvgIpc) is 3.19. The van der Waals surface area contributed by atoms with Gasteiger partial charge in [-0.1, -0.05) is 12.1 Å². The van der Waals surface area contributed by atoms with E-state index in [-0.39, 0.29) is 17.0 Å². The van der Waals surface area contributed by atoms with E-state index in [9.17, 15) is 9.90 Å². The van der Waals surface area contributed by atoms with Crippen LogP contribution in [0.5, 0.6) is 5.75 Å². The van der Waals surface area contributed by atoms with Gasteiger partial charge in [0.2, 0.25) is 11.2 Å². The standard InChI is InChI=1S/C20H16N4O3/c1-12(21)23-14-5-6-17-16(10-14)18(25)19(26)20(27-17)13-3-2-4-15(9-13)24-8-7-22-11-24/h2-11,26H,1H3,(H2,21,23). The molecule has 0 fully saturated rings. The Kier molecular flexibility index (Phi) is 3.97. The molecule has 0 aliphatic heterocycles. The Morgan fingerprint density at radius 2 is 2.11 bits per heavy atom. The van der Waals surface area contributed by atoms with Gasteiger partial charge >= 0.3 is 0 Å². The quantitative estimate of drug-likeness (QED) is 0.381. The van der Waals surface area contributed by atoms with Crippen molar-refractivity contribution in [3.8, 4) is 22.8 Å². The van der Waals surface area contributed by atoms with Crippen LogP contribution in [-0.4, -0.2) is 20.5 Å². The summed E-state index contributed by atoms with van der Waals surface area (Å²) in [6.07, 6.45) is 5.13. The van der Waals surface area contributed by atoms with E-state index in [1.54, 1.807) is 56.0 Å². The molecule has 2 aromatic heterocycles. The summed E-state index contributed by atoms with van der Waals surface area (Å²) in [4.78, 5) is 16.7. The van der Waals surface area contributed by atoms with E-state index in [2.05, 4.69) is 10.3 Å². The molecule has 2 heterocycles. The summed E-state index contributed by atoms with van der Waals surface area (Å²) in [7, 11) is 0. The summed E-state index contributed by atoms with van der Waals surface area (Å²) in [5, 5.41) is 21.0. The average molecular weight is 360 g/mol. The predicted octanol–water partition coefficient (Wildman–Crippen LogP) is 3.76. The molecule has 0 saturated carbocycles. The number of rotatable bonds is 3. The molecule has 0 amide bonds. The minimum Gasteiger partial charge on any atom is -0.502 e. The van der Waals surface area contributed by atoms with Gasteiger partial charge in [-0.2, -0.15) is 0 Å². The van der Waals surface area contributed by atoms with Crippen LogP contribution < -0.4 is 10.7 Å². The molecule has 0 aliphatic carbocycles. The van der Waals surface area contributed by atoms with Gasteiger partial charge in [0.25, 0.3) is 0 Å². The number of nitrogens with zero attached hydrogens (tertiary/aromatic N) is 2. The fraction of sp³-hybridized carbons (Fsp3) is 0.0500. The summed E-state index contributed by atoms with van der Waals surface area (Å²) in [5.74, 6) is -0.0942. The first-order valence-corrected chi connectivity index (χ1v) is 8.24. The molecule has 2 aromatic carbocycles. The molecule has 0 unspecified atom stereocenters. The Morgan fingerprint density at radius 1 is 1.26 bits per heavy atom.